The maximum absolute atomic E-state index is 12.5. The first kappa shape index (κ1) is 22.6. The van der Waals surface area contributed by atoms with Crippen molar-refractivity contribution < 1.29 is 19.1 Å². The summed E-state index contributed by atoms with van der Waals surface area (Å²) in [7, 11) is 3.29. The fourth-order valence-corrected chi connectivity index (χ4v) is 3.87. The van der Waals surface area contributed by atoms with Crippen LogP contribution in [0.1, 0.15) is 23.1 Å². The van der Waals surface area contributed by atoms with Gasteiger partial charge in [0.05, 0.1) is 26.7 Å². The first-order valence-corrected chi connectivity index (χ1v) is 10.5. The summed E-state index contributed by atoms with van der Waals surface area (Å²) < 4.78 is 10.6. The molecule has 1 atom stereocenters. The van der Waals surface area contributed by atoms with Gasteiger partial charge < -0.3 is 20.1 Å². The Morgan fingerprint density at radius 3 is 2.74 bits per heavy atom. The number of carbonyl (C=O) groups excluding carboxylic acids is 2. The van der Waals surface area contributed by atoms with Gasteiger partial charge in [-0.15, -0.1) is 0 Å². The zero-order valence-electron chi connectivity index (χ0n) is 18.4. The smallest absolute Gasteiger partial charge is 0.237 e. The normalized spacial score (nSPS) is 16.5. The summed E-state index contributed by atoms with van der Waals surface area (Å²) in [5, 5.41) is 5.83. The predicted octanol–water partition coefficient (Wildman–Crippen LogP) is 2.06. The van der Waals surface area contributed by atoms with Crippen molar-refractivity contribution >= 4 is 11.8 Å². The number of amides is 2. The Bertz CT molecular complexity index is 915. The molecule has 31 heavy (non-hydrogen) atoms. The van der Waals surface area contributed by atoms with Crippen molar-refractivity contribution in [1.29, 1.82) is 0 Å². The third-order valence-electron chi connectivity index (χ3n) is 5.54. The second-order valence-electron chi connectivity index (χ2n) is 7.74. The van der Waals surface area contributed by atoms with Gasteiger partial charge in [0.1, 0.15) is 11.5 Å². The Morgan fingerprint density at radius 1 is 1.16 bits per heavy atom. The van der Waals surface area contributed by atoms with Crippen molar-refractivity contribution in [2.24, 2.45) is 0 Å². The number of nitrogens with zero attached hydrogens (tertiary/aromatic N) is 1. The maximum atomic E-state index is 12.5. The van der Waals surface area contributed by atoms with Gasteiger partial charge >= 0.3 is 0 Å². The highest BCUT2D eigenvalue weighted by Gasteiger charge is 2.31. The van der Waals surface area contributed by atoms with Crippen LogP contribution in [0.3, 0.4) is 0 Å². The molecule has 0 aromatic heterocycles. The summed E-state index contributed by atoms with van der Waals surface area (Å²) in [6, 6.07) is 13.3. The summed E-state index contributed by atoms with van der Waals surface area (Å²) in [5.41, 5.74) is 3.23. The summed E-state index contributed by atoms with van der Waals surface area (Å²) in [5.74, 6) is 1.42. The van der Waals surface area contributed by atoms with Crippen molar-refractivity contribution in [3.63, 3.8) is 0 Å². The van der Waals surface area contributed by atoms with Crippen LogP contribution in [-0.4, -0.2) is 56.6 Å². The summed E-state index contributed by atoms with van der Waals surface area (Å²) >= 11 is 0. The highest BCUT2D eigenvalue weighted by atomic mass is 16.5. The van der Waals surface area contributed by atoms with E-state index in [9.17, 15) is 9.59 Å². The van der Waals surface area contributed by atoms with E-state index in [0.29, 0.717) is 32.6 Å². The number of carbonyl (C=O) groups is 2. The fraction of sp³-hybridized carbons (Fsp3) is 0.417. The number of nitrogens with one attached hydrogen (secondary N) is 2. The molecule has 2 N–H and O–H groups in total. The molecular weight excluding hydrogens is 394 g/mol. The molecule has 2 aromatic rings. The number of ether oxygens (including phenoxy) is 2. The van der Waals surface area contributed by atoms with Crippen LogP contribution in [0, 0.1) is 6.92 Å². The highest BCUT2D eigenvalue weighted by Crippen LogP contribution is 2.21. The predicted molar refractivity (Wildman–Crippen MR) is 119 cm³/mol. The number of hydrogen-bond donors (Lipinski definition) is 2. The molecule has 0 radical (unpaired) electrons. The summed E-state index contributed by atoms with van der Waals surface area (Å²) in [4.78, 5) is 27.1. The Kier molecular flexibility index (Phi) is 7.89. The molecule has 2 aromatic carbocycles. The van der Waals surface area contributed by atoms with Crippen LogP contribution in [0.25, 0.3) is 0 Å². The van der Waals surface area contributed by atoms with Crippen molar-refractivity contribution in [3.8, 4) is 11.5 Å². The zero-order chi connectivity index (χ0) is 22.2. The fourth-order valence-electron chi connectivity index (χ4n) is 3.87. The minimum atomic E-state index is -0.479. The van der Waals surface area contributed by atoms with E-state index in [0.717, 1.165) is 28.2 Å². The average molecular weight is 426 g/mol. The second kappa shape index (κ2) is 10.8. The minimum absolute atomic E-state index is 0.0978. The molecule has 7 heteroatoms. The van der Waals surface area contributed by atoms with E-state index < -0.39 is 6.04 Å². The molecule has 1 saturated heterocycles. The SMILES string of the molecule is COc1cccc(CCNC(=O)CC2C(=O)NCCN2Cc2ccc(OC)c(C)c2)c1. The van der Waals surface area contributed by atoms with E-state index in [4.69, 9.17) is 9.47 Å². The van der Waals surface area contributed by atoms with Gasteiger partial charge in [-0.25, -0.2) is 0 Å². The van der Waals surface area contributed by atoms with Crippen molar-refractivity contribution in [2.75, 3.05) is 33.9 Å². The molecule has 1 heterocycles. The van der Waals surface area contributed by atoms with E-state index in [2.05, 4.69) is 21.6 Å². The topological polar surface area (TPSA) is 79.9 Å². The van der Waals surface area contributed by atoms with E-state index in [1.54, 1.807) is 14.2 Å². The van der Waals surface area contributed by atoms with Crippen LogP contribution >= 0.6 is 0 Å². The second-order valence-corrected chi connectivity index (χ2v) is 7.74. The third-order valence-corrected chi connectivity index (χ3v) is 5.54. The number of benzene rings is 2. The van der Waals surface area contributed by atoms with Gasteiger partial charge in [-0.05, 0) is 48.2 Å². The number of hydrogen-bond acceptors (Lipinski definition) is 5. The summed E-state index contributed by atoms with van der Waals surface area (Å²) in [6.07, 6.45) is 0.841. The molecule has 1 aliphatic heterocycles. The molecule has 7 nitrogen and oxygen atoms in total. The van der Waals surface area contributed by atoms with Crippen LogP contribution in [0.4, 0.5) is 0 Å². The first-order chi connectivity index (χ1) is 15.0. The number of piperazine rings is 1. The number of rotatable bonds is 9. The minimum Gasteiger partial charge on any atom is -0.497 e. The average Bonchev–Trinajstić information content (AvgIpc) is 2.76. The molecule has 1 unspecified atom stereocenters. The Hall–Kier alpha value is -3.06. The molecule has 3 rings (SSSR count). The van der Waals surface area contributed by atoms with Crippen LogP contribution < -0.4 is 20.1 Å². The van der Waals surface area contributed by atoms with Gasteiger partial charge in [0, 0.05) is 26.2 Å². The molecule has 2 amide bonds. The van der Waals surface area contributed by atoms with Crippen molar-refractivity contribution in [2.45, 2.75) is 32.4 Å². The van der Waals surface area contributed by atoms with E-state index in [1.165, 1.54) is 0 Å². The van der Waals surface area contributed by atoms with Gasteiger partial charge in [-0.1, -0.05) is 24.3 Å². The number of aryl methyl sites for hydroxylation is 1. The van der Waals surface area contributed by atoms with Crippen molar-refractivity contribution in [1.82, 2.24) is 15.5 Å². The molecule has 1 aliphatic rings. The monoisotopic (exact) mass is 425 g/mol. The van der Waals surface area contributed by atoms with Gasteiger partial charge in [0.15, 0.2) is 0 Å². The quantitative estimate of drug-likeness (QED) is 0.643. The highest BCUT2D eigenvalue weighted by molar-refractivity contribution is 5.88. The van der Waals surface area contributed by atoms with Gasteiger partial charge in [0.2, 0.25) is 11.8 Å². The number of methoxy groups -OCH3 is 2. The molecule has 0 spiro atoms. The zero-order valence-corrected chi connectivity index (χ0v) is 18.4. The first-order valence-electron chi connectivity index (χ1n) is 10.5. The van der Waals surface area contributed by atoms with Crippen LogP contribution in [0.5, 0.6) is 11.5 Å². The molecular formula is C24H31N3O4. The Balaban J connectivity index is 1.56. The van der Waals surface area contributed by atoms with E-state index in [-0.39, 0.29) is 18.2 Å². The Morgan fingerprint density at radius 2 is 2.00 bits per heavy atom. The van der Waals surface area contributed by atoms with Crippen molar-refractivity contribution in [3.05, 3.63) is 59.2 Å². The lowest BCUT2D eigenvalue weighted by atomic mass is 10.0. The Labute approximate surface area is 183 Å². The van der Waals surface area contributed by atoms with Crippen LogP contribution in [-0.2, 0) is 22.6 Å². The van der Waals surface area contributed by atoms with Gasteiger partial charge in [-0.3, -0.25) is 14.5 Å². The molecule has 0 bridgehead atoms. The van der Waals surface area contributed by atoms with Crippen LogP contribution in [0.15, 0.2) is 42.5 Å². The molecule has 0 aliphatic carbocycles. The van der Waals surface area contributed by atoms with Gasteiger partial charge in [-0.2, -0.15) is 0 Å². The maximum Gasteiger partial charge on any atom is 0.237 e. The largest absolute Gasteiger partial charge is 0.497 e. The molecule has 1 fully saturated rings. The van der Waals surface area contributed by atoms with Crippen LogP contribution in [0.2, 0.25) is 0 Å². The van der Waals surface area contributed by atoms with E-state index >= 15 is 0 Å². The molecule has 166 valence electrons. The van der Waals surface area contributed by atoms with Gasteiger partial charge in [0.25, 0.3) is 0 Å². The lowest BCUT2D eigenvalue weighted by Gasteiger charge is -2.34. The third kappa shape index (κ3) is 6.21. The standard InChI is InChI=1S/C24H31N3O4/c1-17-13-19(7-8-22(17)31-3)16-27-12-11-26-24(29)21(27)15-23(28)25-10-9-18-5-4-6-20(14-18)30-2/h4-8,13-14,21H,9-12,15-16H2,1-3H3,(H,25,28)(H,26,29). The summed E-state index contributed by atoms with van der Waals surface area (Å²) in [6.45, 7) is 4.41. The van der Waals surface area contributed by atoms with E-state index in [1.807, 2.05) is 43.3 Å². The lowest BCUT2D eigenvalue weighted by molar-refractivity contribution is -0.134. The molecule has 0 saturated carbocycles. The lowest BCUT2D eigenvalue weighted by Crippen LogP contribution is -2.56.